The Morgan fingerprint density at radius 3 is 2.20 bits per heavy atom. The van der Waals surface area contributed by atoms with Crippen LogP contribution in [-0.2, 0) is 6.42 Å². The molecule has 2 aromatic rings. The third-order valence-electron chi connectivity index (χ3n) is 3.19. The highest BCUT2D eigenvalue weighted by atomic mass is 35.5. The van der Waals surface area contributed by atoms with Crippen molar-refractivity contribution < 1.29 is 0 Å². The van der Waals surface area contributed by atoms with Gasteiger partial charge in [0.15, 0.2) is 0 Å². The van der Waals surface area contributed by atoms with E-state index in [0.717, 1.165) is 11.1 Å². The molecule has 20 heavy (non-hydrogen) atoms. The van der Waals surface area contributed by atoms with E-state index in [1.54, 1.807) is 11.8 Å². The van der Waals surface area contributed by atoms with Crippen molar-refractivity contribution in [3.05, 3.63) is 63.6 Å². The molecule has 3 N–H and O–H groups in total. The maximum Gasteiger partial charge on any atom is 0.0501 e. The monoisotopic (exact) mass is 326 g/mol. The molecular formula is C15H16Cl2N2S. The van der Waals surface area contributed by atoms with E-state index in [9.17, 15) is 0 Å². The smallest absolute Gasteiger partial charge is 0.0501 e. The van der Waals surface area contributed by atoms with Crippen LogP contribution in [0.25, 0.3) is 0 Å². The van der Waals surface area contributed by atoms with E-state index in [2.05, 4.69) is 35.9 Å². The van der Waals surface area contributed by atoms with Crippen molar-refractivity contribution in [2.24, 2.45) is 5.84 Å². The zero-order chi connectivity index (χ0) is 14.5. The van der Waals surface area contributed by atoms with E-state index in [-0.39, 0.29) is 6.04 Å². The van der Waals surface area contributed by atoms with Gasteiger partial charge in [-0.1, -0.05) is 41.4 Å². The molecule has 0 aliphatic carbocycles. The fourth-order valence-electron chi connectivity index (χ4n) is 2.04. The minimum Gasteiger partial charge on any atom is -0.271 e. The molecule has 0 aliphatic rings. The maximum absolute atomic E-state index is 6.21. The minimum atomic E-state index is -0.0247. The summed E-state index contributed by atoms with van der Waals surface area (Å²) in [5, 5.41) is 1.33. The Labute approximate surface area is 133 Å². The van der Waals surface area contributed by atoms with E-state index in [4.69, 9.17) is 29.0 Å². The SMILES string of the molecule is CSc1ccc(C(Cc2c(Cl)cccc2Cl)NN)cc1. The molecule has 0 saturated carbocycles. The number of halogens is 2. The molecule has 2 nitrogen and oxygen atoms in total. The molecule has 106 valence electrons. The Balaban J connectivity index is 2.24. The fourth-order valence-corrected chi connectivity index (χ4v) is 3.00. The first-order valence-electron chi connectivity index (χ1n) is 6.18. The van der Waals surface area contributed by atoms with Gasteiger partial charge in [-0.15, -0.1) is 11.8 Å². The van der Waals surface area contributed by atoms with E-state index in [1.165, 1.54) is 4.90 Å². The fraction of sp³-hybridized carbons (Fsp3) is 0.200. The average Bonchev–Trinajstić information content (AvgIpc) is 2.47. The Kier molecular flexibility index (Phi) is 5.75. The Morgan fingerprint density at radius 2 is 1.70 bits per heavy atom. The van der Waals surface area contributed by atoms with Crippen LogP contribution in [0.15, 0.2) is 47.4 Å². The van der Waals surface area contributed by atoms with Crippen LogP contribution in [-0.4, -0.2) is 6.26 Å². The summed E-state index contributed by atoms with van der Waals surface area (Å²) in [6.45, 7) is 0. The summed E-state index contributed by atoms with van der Waals surface area (Å²) in [6, 6.07) is 13.8. The summed E-state index contributed by atoms with van der Waals surface area (Å²) < 4.78 is 0. The number of nitrogens with one attached hydrogen (secondary N) is 1. The summed E-state index contributed by atoms with van der Waals surface area (Å²) in [5.41, 5.74) is 4.86. The molecule has 5 heteroatoms. The van der Waals surface area contributed by atoms with Gasteiger partial charge in [0.2, 0.25) is 0 Å². The molecule has 1 atom stereocenters. The number of hydrazine groups is 1. The second-order valence-corrected chi connectivity index (χ2v) is 6.09. The number of thioether (sulfide) groups is 1. The molecule has 0 aliphatic heterocycles. The minimum absolute atomic E-state index is 0.0247. The Bertz CT molecular complexity index is 552. The first kappa shape index (κ1) is 15.7. The predicted molar refractivity (Wildman–Crippen MR) is 88.5 cm³/mol. The second kappa shape index (κ2) is 7.34. The Hall–Kier alpha value is -0.710. The zero-order valence-corrected chi connectivity index (χ0v) is 13.4. The third kappa shape index (κ3) is 3.68. The summed E-state index contributed by atoms with van der Waals surface area (Å²) in [6.07, 6.45) is 2.70. The highest BCUT2D eigenvalue weighted by Crippen LogP contribution is 2.29. The van der Waals surface area contributed by atoms with E-state index in [1.807, 2.05) is 18.2 Å². The normalized spacial score (nSPS) is 12.4. The van der Waals surface area contributed by atoms with Crippen LogP contribution in [0.1, 0.15) is 17.2 Å². The highest BCUT2D eigenvalue weighted by molar-refractivity contribution is 7.98. The number of rotatable bonds is 5. The molecule has 0 heterocycles. The van der Waals surface area contributed by atoms with Crippen molar-refractivity contribution in [3.63, 3.8) is 0 Å². The molecule has 0 amide bonds. The summed E-state index contributed by atoms with van der Waals surface area (Å²) >= 11 is 14.1. The zero-order valence-electron chi connectivity index (χ0n) is 11.1. The number of benzene rings is 2. The highest BCUT2D eigenvalue weighted by Gasteiger charge is 2.14. The van der Waals surface area contributed by atoms with Crippen molar-refractivity contribution in [3.8, 4) is 0 Å². The van der Waals surface area contributed by atoms with Crippen molar-refractivity contribution in [1.82, 2.24) is 5.43 Å². The van der Waals surface area contributed by atoms with Crippen LogP contribution in [0.5, 0.6) is 0 Å². The van der Waals surface area contributed by atoms with Crippen molar-refractivity contribution in [2.45, 2.75) is 17.4 Å². The van der Waals surface area contributed by atoms with Gasteiger partial charge in [-0.25, -0.2) is 0 Å². The van der Waals surface area contributed by atoms with Gasteiger partial charge in [0.25, 0.3) is 0 Å². The second-order valence-electron chi connectivity index (χ2n) is 4.40. The quantitative estimate of drug-likeness (QED) is 0.484. The van der Waals surface area contributed by atoms with Gasteiger partial charge in [0.05, 0.1) is 6.04 Å². The molecule has 0 fully saturated rings. The molecule has 0 bridgehead atoms. The lowest BCUT2D eigenvalue weighted by atomic mass is 9.99. The lowest BCUT2D eigenvalue weighted by Gasteiger charge is -2.18. The van der Waals surface area contributed by atoms with Crippen LogP contribution in [0, 0.1) is 0 Å². The van der Waals surface area contributed by atoms with E-state index < -0.39 is 0 Å². The molecule has 0 saturated heterocycles. The van der Waals surface area contributed by atoms with Crippen LogP contribution in [0.4, 0.5) is 0 Å². The van der Waals surface area contributed by atoms with Crippen molar-refractivity contribution >= 4 is 35.0 Å². The average molecular weight is 327 g/mol. The number of hydrogen-bond acceptors (Lipinski definition) is 3. The van der Waals surface area contributed by atoms with Crippen LogP contribution >= 0.6 is 35.0 Å². The topological polar surface area (TPSA) is 38.0 Å². The van der Waals surface area contributed by atoms with Crippen LogP contribution in [0.3, 0.4) is 0 Å². The van der Waals surface area contributed by atoms with Gasteiger partial charge in [-0.05, 0) is 48.1 Å². The predicted octanol–water partition coefficient (Wildman–Crippen LogP) is 4.46. The standard InChI is InChI=1S/C15H16Cl2N2S/c1-20-11-7-5-10(6-8-11)15(19-18)9-12-13(16)3-2-4-14(12)17/h2-8,15,19H,9,18H2,1H3. The molecule has 0 aromatic heterocycles. The van der Waals surface area contributed by atoms with Gasteiger partial charge in [0.1, 0.15) is 0 Å². The molecule has 0 radical (unpaired) electrons. The first-order chi connectivity index (χ1) is 9.65. The molecule has 2 rings (SSSR count). The van der Waals surface area contributed by atoms with Crippen molar-refractivity contribution in [2.75, 3.05) is 6.26 Å². The summed E-state index contributed by atoms with van der Waals surface area (Å²) in [5.74, 6) is 5.68. The molecular weight excluding hydrogens is 311 g/mol. The van der Waals surface area contributed by atoms with Gasteiger partial charge in [0, 0.05) is 14.9 Å². The summed E-state index contributed by atoms with van der Waals surface area (Å²) in [4.78, 5) is 1.22. The lowest BCUT2D eigenvalue weighted by Crippen LogP contribution is -2.29. The maximum atomic E-state index is 6.21. The van der Waals surface area contributed by atoms with Crippen LogP contribution in [0.2, 0.25) is 10.0 Å². The third-order valence-corrected chi connectivity index (χ3v) is 4.64. The summed E-state index contributed by atoms with van der Waals surface area (Å²) in [7, 11) is 0. The number of nitrogens with two attached hydrogens (primary N) is 1. The molecule has 2 aromatic carbocycles. The van der Waals surface area contributed by atoms with Gasteiger partial charge < -0.3 is 0 Å². The Morgan fingerprint density at radius 1 is 1.10 bits per heavy atom. The van der Waals surface area contributed by atoms with Gasteiger partial charge in [-0.2, -0.15) is 0 Å². The van der Waals surface area contributed by atoms with Crippen molar-refractivity contribution in [1.29, 1.82) is 0 Å². The molecule has 0 spiro atoms. The van der Waals surface area contributed by atoms with E-state index >= 15 is 0 Å². The molecule has 1 unspecified atom stereocenters. The van der Waals surface area contributed by atoms with E-state index in [0.29, 0.717) is 16.5 Å². The van der Waals surface area contributed by atoms with Gasteiger partial charge in [-0.3, -0.25) is 11.3 Å². The lowest BCUT2D eigenvalue weighted by molar-refractivity contribution is 0.552. The first-order valence-corrected chi connectivity index (χ1v) is 8.16. The van der Waals surface area contributed by atoms with Crippen LogP contribution < -0.4 is 11.3 Å². The number of hydrogen-bond donors (Lipinski definition) is 2. The van der Waals surface area contributed by atoms with Gasteiger partial charge >= 0.3 is 0 Å². The largest absolute Gasteiger partial charge is 0.271 e.